The van der Waals surface area contributed by atoms with Crippen LogP contribution in [0.3, 0.4) is 0 Å². The molecular weight excluding hydrogens is 338 g/mol. The van der Waals surface area contributed by atoms with E-state index in [1.807, 2.05) is 0 Å². The number of hydrogen-bond acceptors (Lipinski definition) is 9. The summed E-state index contributed by atoms with van der Waals surface area (Å²) in [5, 5.41) is 65.7. The third kappa shape index (κ3) is 5.19. The maximum Gasteiger partial charge on any atom is 0.320 e. The number of phenolic OH excluding ortho intramolecular Hbond substituents is 1. The molecule has 0 saturated heterocycles. The van der Waals surface area contributed by atoms with Crippen LogP contribution in [0.15, 0.2) is 18.2 Å². The van der Waals surface area contributed by atoms with Crippen LogP contribution in [0.4, 0.5) is 0 Å². The number of aromatic hydroxyl groups is 1. The van der Waals surface area contributed by atoms with Gasteiger partial charge in [-0.2, -0.15) is 0 Å². The van der Waals surface area contributed by atoms with Gasteiger partial charge >= 0.3 is 5.97 Å². The fourth-order valence-electron chi connectivity index (χ4n) is 2.13. The van der Waals surface area contributed by atoms with Crippen molar-refractivity contribution in [2.45, 2.75) is 36.9 Å². The third-order valence-corrected chi connectivity index (χ3v) is 3.64. The molecule has 0 amide bonds. The number of carboxylic acid groups (broad SMARTS) is 1. The number of nitrogens with two attached hydrogens (primary N) is 1. The lowest BCUT2D eigenvalue weighted by atomic mass is 9.91. The summed E-state index contributed by atoms with van der Waals surface area (Å²) in [6.45, 7) is -0.913. The van der Waals surface area contributed by atoms with E-state index >= 15 is 0 Å². The van der Waals surface area contributed by atoms with Crippen LogP contribution in [0.25, 0.3) is 0 Å². The molecule has 9 N–H and O–H groups in total. The van der Waals surface area contributed by atoms with Crippen molar-refractivity contribution in [1.82, 2.24) is 0 Å². The Morgan fingerprint density at radius 3 is 2.20 bits per heavy atom. The van der Waals surface area contributed by atoms with Crippen molar-refractivity contribution >= 4 is 11.8 Å². The summed E-state index contributed by atoms with van der Waals surface area (Å²) in [5.74, 6) is -2.80. The van der Waals surface area contributed by atoms with Gasteiger partial charge < -0.3 is 41.5 Å². The number of phenols is 1. The van der Waals surface area contributed by atoms with Gasteiger partial charge in [-0.1, -0.05) is 6.07 Å². The van der Waals surface area contributed by atoms with Crippen molar-refractivity contribution in [1.29, 1.82) is 0 Å². The Morgan fingerprint density at radius 1 is 1.08 bits per heavy atom. The van der Waals surface area contributed by atoms with Crippen molar-refractivity contribution in [3.8, 4) is 5.75 Å². The minimum absolute atomic E-state index is 0.0983. The summed E-state index contributed by atoms with van der Waals surface area (Å²) in [6, 6.07) is 2.04. The van der Waals surface area contributed by atoms with E-state index < -0.39 is 48.8 Å². The van der Waals surface area contributed by atoms with Crippen molar-refractivity contribution in [3.63, 3.8) is 0 Å². The molecule has 0 aromatic heterocycles. The molecule has 140 valence electrons. The average molecular weight is 359 g/mol. The normalized spacial score (nSPS) is 17.4. The molecule has 0 bridgehead atoms. The number of aliphatic hydroxyl groups is 5. The van der Waals surface area contributed by atoms with Crippen LogP contribution in [0.2, 0.25) is 0 Å². The molecule has 10 heteroatoms. The van der Waals surface area contributed by atoms with Gasteiger partial charge in [0.2, 0.25) is 0 Å². The predicted molar refractivity (Wildman–Crippen MR) is 82.9 cm³/mol. The van der Waals surface area contributed by atoms with Crippen LogP contribution >= 0.6 is 0 Å². The maximum absolute atomic E-state index is 12.4. The van der Waals surface area contributed by atoms with Crippen molar-refractivity contribution in [2.75, 3.05) is 6.61 Å². The molecule has 0 aliphatic carbocycles. The summed E-state index contributed by atoms with van der Waals surface area (Å²) >= 11 is 0. The third-order valence-electron chi connectivity index (χ3n) is 3.64. The van der Waals surface area contributed by atoms with Crippen LogP contribution in [0.1, 0.15) is 15.9 Å². The second-order valence-corrected chi connectivity index (χ2v) is 5.53. The van der Waals surface area contributed by atoms with E-state index in [2.05, 4.69) is 0 Å². The summed E-state index contributed by atoms with van der Waals surface area (Å²) in [6.07, 6.45) is -8.41. The van der Waals surface area contributed by atoms with Crippen LogP contribution < -0.4 is 5.73 Å². The molecule has 0 spiro atoms. The first-order chi connectivity index (χ1) is 11.6. The molecule has 1 aromatic rings. The van der Waals surface area contributed by atoms with E-state index in [9.17, 15) is 35.1 Å². The molecule has 0 fully saturated rings. The zero-order chi connectivity index (χ0) is 19.3. The Labute approximate surface area is 142 Å². The van der Waals surface area contributed by atoms with Gasteiger partial charge in [0.1, 0.15) is 36.2 Å². The zero-order valence-corrected chi connectivity index (χ0v) is 13.1. The van der Waals surface area contributed by atoms with Gasteiger partial charge in [-0.15, -0.1) is 0 Å². The van der Waals surface area contributed by atoms with E-state index in [1.165, 1.54) is 12.1 Å². The lowest BCUT2D eigenvalue weighted by Crippen LogP contribution is -2.48. The number of carbonyl (C=O) groups excluding carboxylic acids is 1. The second-order valence-electron chi connectivity index (χ2n) is 5.53. The topological polar surface area (TPSA) is 202 Å². The molecule has 0 aliphatic rings. The zero-order valence-electron chi connectivity index (χ0n) is 13.1. The molecule has 0 heterocycles. The summed E-state index contributed by atoms with van der Waals surface area (Å²) in [4.78, 5) is 23.2. The lowest BCUT2D eigenvalue weighted by molar-refractivity contribution is -0.138. The van der Waals surface area contributed by atoms with Gasteiger partial charge in [-0.3, -0.25) is 9.59 Å². The SMILES string of the molecule is NC(Cc1ccc(O)cc1C(=O)C(O)C(O)C(O)C(O)CO)C(=O)O. The number of aliphatic carboxylic acids is 1. The minimum Gasteiger partial charge on any atom is -0.508 e. The van der Waals surface area contributed by atoms with Crippen molar-refractivity contribution < 1.29 is 45.3 Å². The van der Waals surface area contributed by atoms with Gasteiger partial charge in [0.05, 0.1) is 6.61 Å². The number of Topliss-reactive ketones (excluding diaryl/α,β-unsaturated/α-hetero) is 1. The Morgan fingerprint density at radius 2 is 1.68 bits per heavy atom. The van der Waals surface area contributed by atoms with Crippen LogP contribution in [-0.2, 0) is 11.2 Å². The van der Waals surface area contributed by atoms with Crippen LogP contribution in [0, 0.1) is 0 Å². The highest BCUT2D eigenvalue weighted by Crippen LogP contribution is 2.21. The number of ketones is 1. The summed E-state index contributed by atoms with van der Waals surface area (Å²) < 4.78 is 0. The van der Waals surface area contributed by atoms with Crippen molar-refractivity contribution in [3.05, 3.63) is 29.3 Å². The average Bonchev–Trinajstić information content (AvgIpc) is 2.59. The monoisotopic (exact) mass is 359 g/mol. The number of benzene rings is 1. The molecule has 5 unspecified atom stereocenters. The minimum atomic E-state index is -2.20. The van der Waals surface area contributed by atoms with E-state index in [4.69, 9.17) is 15.9 Å². The molecule has 10 nitrogen and oxygen atoms in total. The number of hydrogen-bond donors (Lipinski definition) is 8. The van der Waals surface area contributed by atoms with Crippen LogP contribution in [-0.4, -0.2) is 84.6 Å². The molecule has 0 saturated carbocycles. The van der Waals surface area contributed by atoms with E-state index in [0.717, 1.165) is 6.07 Å². The fraction of sp³-hybridized carbons (Fsp3) is 0.467. The van der Waals surface area contributed by atoms with Gasteiger partial charge in [0.15, 0.2) is 5.78 Å². The molecule has 1 rings (SSSR count). The second kappa shape index (κ2) is 8.85. The van der Waals surface area contributed by atoms with E-state index in [0.29, 0.717) is 0 Å². The maximum atomic E-state index is 12.4. The van der Waals surface area contributed by atoms with E-state index in [1.54, 1.807) is 0 Å². The summed E-state index contributed by atoms with van der Waals surface area (Å²) in [7, 11) is 0. The molecule has 25 heavy (non-hydrogen) atoms. The molecular formula is C15H21NO9. The Kier molecular flexibility index (Phi) is 7.42. The highest BCUT2D eigenvalue weighted by molar-refractivity contribution is 6.01. The van der Waals surface area contributed by atoms with Gasteiger partial charge in [-0.05, 0) is 24.1 Å². The summed E-state index contributed by atoms with van der Waals surface area (Å²) in [5.41, 5.74) is 5.21. The standard InChI is InChI=1S/C15H21NO9/c16-9(15(24)25)3-6-1-2-7(18)4-8(6)11(20)13(22)14(23)12(21)10(19)5-17/h1-2,4,9-10,12-14,17-19,21-23H,3,5,16H2,(H,24,25). The van der Waals surface area contributed by atoms with Crippen LogP contribution in [0.5, 0.6) is 5.75 Å². The smallest absolute Gasteiger partial charge is 0.320 e. The molecule has 0 aliphatic heterocycles. The first kappa shape index (κ1) is 21.0. The molecule has 5 atom stereocenters. The quantitative estimate of drug-likeness (QED) is 0.209. The number of carboxylic acids is 1. The van der Waals surface area contributed by atoms with Gasteiger partial charge in [0.25, 0.3) is 0 Å². The highest BCUT2D eigenvalue weighted by atomic mass is 16.4. The fourth-order valence-corrected chi connectivity index (χ4v) is 2.13. The first-order valence-electron chi connectivity index (χ1n) is 7.27. The highest BCUT2D eigenvalue weighted by Gasteiger charge is 2.35. The Balaban J connectivity index is 3.11. The van der Waals surface area contributed by atoms with Gasteiger partial charge in [0, 0.05) is 5.56 Å². The molecule has 0 radical (unpaired) electrons. The first-order valence-corrected chi connectivity index (χ1v) is 7.27. The van der Waals surface area contributed by atoms with Gasteiger partial charge in [-0.25, -0.2) is 0 Å². The van der Waals surface area contributed by atoms with E-state index in [-0.39, 0.29) is 23.3 Å². The predicted octanol–water partition coefficient (Wildman–Crippen LogP) is -3.03. The van der Waals surface area contributed by atoms with Crippen molar-refractivity contribution in [2.24, 2.45) is 5.73 Å². The number of aliphatic hydroxyl groups excluding tert-OH is 5. The Bertz CT molecular complexity index is 621. The Hall–Kier alpha value is -2.08. The number of rotatable bonds is 9. The largest absolute Gasteiger partial charge is 0.508 e. The molecule has 1 aromatic carbocycles. The number of carbonyl (C=O) groups is 2. The lowest BCUT2D eigenvalue weighted by Gasteiger charge is -2.25.